The van der Waals surface area contributed by atoms with Crippen molar-refractivity contribution in [2.75, 3.05) is 12.4 Å². The monoisotopic (exact) mass is 490 g/mol. The van der Waals surface area contributed by atoms with Crippen LogP contribution in [-0.4, -0.2) is 28.5 Å². The summed E-state index contributed by atoms with van der Waals surface area (Å²) in [5, 5.41) is 5.87. The van der Waals surface area contributed by atoms with E-state index in [1.165, 1.54) is 0 Å². The molecule has 184 valence electrons. The largest absolute Gasteiger partial charge is 0.497 e. The van der Waals surface area contributed by atoms with Gasteiger partial charge in [-0.1, -0.05) is 60.7 Å². The number of methoxy groups -OCH3 is 1. The van der Waals surface area contributed by atoms with Crippen LogP contribution in [0.15, 0.2) is 103 Å². The van der Waals surface area contributed by atoms with Gasteiger partial charge in [-0.3, -0.25) is 9.59 Å². The first kappa shape index (κ1) is 23.8. The van der Waals surface area contributed by atoms with E-state index in [1.54, 1.807) is 31.4 Å². The highest BCUT2D eigenvalue weighted by atomic mass is 16.5. The van der Waals surface area contributed by atoms with E-state index in [2.05, 4.69) is 10.6 Å². The van der Waals surface area contributed by atoms with Gasteiger partial charge in [-0.2, -0.15) is 0 Å². The van der Waals surface area contributed by atoms with Crippen molar-refractivity contribution in [2.45, 2.75) is 13.1 Å². The summed E-state index contributed by atoms with van der Waals surface area (Å²) in [4.78, 5) is 30.4. The second-order valence-electron chi connectivity index (χ2n) is 8.54. The average Bonchev–Trinajstić information content (AvgIpc) is 3.31. The Morgan fingerprint density at radius 3 is 2.41 bits per heavy atom. The predicted octanol–water partition coefficient (Wildman–Crippen LogP) is 5.28. The zero-order valence-electron chi connectivity index (χ0n) is 20.3. The number of aromatic nitrogens is 2. The lowest BCUT2D eigenvalue weighted by Crippen LogP contribution is -2.27. The number of fused-ring (bicyclic) bond motifs is 1. The molecule has 7 heteroatoms. The summed E-state index contributed by atoms with van der Waals surface area (Å²) >= 11 is 0. The number of anilines is 1. The van der Waals surface area contributed by atoms with Crippen LogP contribution in [0.1, 0.15) is 15.9 Å². The number of carbonyl (C=O) groups excluding carboxylic acids is 2. The van der Waals surface area contributed by atoms with Gasteiger partial charge in [0.1, 0.15) is 18.1 Å². The van der Waals surface area contributed by atoms with Crippen molar-refractivity contribution in [1.29, 1.82) is 0 Å². The molecule has 2 N–H and O–H groups in total. The van der Waals surface area contributed by atoms with E-state index < -0.39 is 0 Å². The number of carbonyl (C=O) groups is 2. The molecule has 5 rings (SSSR count). The van der Waals surface area contributed by atoms with E-state index in [0.29, 0.717) is 29.4 Å². The molecule has 0 saturated carbocycles. The Bertz CT molecular complexity index is 1540. The Labute approximate surface area is 214 Å². The van der Waals surface area contributed by atoms with Crippen molar-refractivity contribution in [1.82, 2.24) is 14.9 Å². The van der Waals surface area contributed by atoms with E-state index in [4.69, 9.17) is 9.72 Å². The zero-order chi connectivity index (χ0) is 25.6. The number of benzene rings is 4. The fraction of sp³-hybridized carbons (Fsp3) is 0.100. The number of hydrogen-bond donors (Lipinski definition) is 2. The lowest BCUT2D eigenvalue weighted by Gasteiger charge is -2.11. The van der Waals surface area contributed by atoms with Gasteiger partial charge in [0.25, 0.3) is 5.91 Å². The molecule has 4 aromatic carbocycles. The molecule has 0 atom stereocenters. The van der Waals surface area contributed by atoms with Crippen LogP contribution in [0, 0.1) is 0 Å². The van der Waals surface area contributed by atoms with Crippen LogP contribution in [0.25, 0.3) is 22.4 Å². The van der Waals surface area contributed by atoms with Gasteiger partial charge in [0.2, 0.25) is 5.91 Å². The normalized spacial score (nSPS) is 10.7. The predicted molar refractivity (Wildman–Crippen MR) is 144 cm³/mol. The number of imidazole rings is 1. The first-order valence-corrected chi connectivity index (χ1v) is 11.9. The third kappa shape index (κ3) is 5.51. The molecule has 5 aromatic rings. The molecule has 1 heterocycles. The fourth-order valence-electron chi connectivity index (χ4n) is 4.13. The minimum absolute atomic E-state index is 0.109. The molecule has 2 amide bonds. The van der Waals surface area contributed by atoms with Gasteiger partial charge in [-0.05, 0) is 42.0 Å². The molecule has 0 aliphatic carbocycles. The average molecular weight is 491 g/mol. The van der Waals surface area contributed by atoms with Crippen molar-refractivity contribution in [3.05, 3.63) is 114 Å². The summed E-state index contributed by atoms with van der Waals surface area (Å²) in [5.41, 5.74) is 4.67. The Hall–Kier alpha value is -4.91. The van der Waals surface area contributed by atoms with E-state index in [1.807, 2.05) is 83.4 Å². The summed E-state index contributed by atoms with van der Waals surface area (Å²) in [7, 11) is 1.58. The third-order valence-electron chi connectivity index (χ3n) is 6.02. The maximum atomic E-state index is 12.9. The highest BCUT2D eigenvalue weighted by molar-refractivity contribution is 6.04. The highest BCUT2D eigenvalue weighted by Crippen LogP contribution is 2.26. The van der Waals surface area contributed by atoms with Crippen LogP contribution < -0.4 is 15.4 Å². The summed E-state index contributed by atoms with van der Waals surface area (Å²) in [6, 6.07) is 31.9. The molecule has 0 saturated heterocycles. The Kier molecular flexibility index (Phi) is 6.94. The molecule has 0 aliphatic rings. The molecule has 0 bridgehead atoms. The Morgan fingerprint density at radius 1 is 0.865 bits per heavy atom. The lowest BCUT2D eigenvalue weighted by atomic mass is 10.1. The van der Waals surface area contributed by atoms with Gasteiger partial charge < -0.3 is 19.9 Å². The van der Waals surface area contributed by atoms with Gasteiger partial charge >= 0.3 is 0 Å². The van der Waals surface area contributed by atoms with Gasteiger partial charge in [-0.25, -0.2) is 4.98 Å². The summed E-state index contributed by atoms with van der Waals surface area (Å²) in [6.07, 6.45) is 0. The Morgan fingerprint density at radius 2 is 1.62 bits per heavy atom. The topological polar surface area (TPSA) is 85.2 Å². The zero-order valence-corrected chi connectivity index (χ0v) is 20.3. The number of nitrogens with one attached hydrogen (secondary N) is 2. The minimum atomic E-state index is -0.228. The first-order chi connectivity index (χ1) is 18.1. The van der Waals surface area contributed by atoms with Crippen LogP contribution >= 0.6 is 0 Å². The molecule has 37 heavy (non-hydrogen) atoms. The van der Waals surface area contributed by atoms with Crippen LogP contribution in [0.5, 0.6) is 5.75 Å². The van der Waals surface area contributed by atoms with Crippen molar-refractivity contribution >= 4 is 28.5 Å². The second-order valence-corrected chi connectivity index (χ2v) is 8.54. The van der Waals surface area contributed by atoms with Crippen LogP contribution in [-0.2, 0) is 17.9 Å². The van der Waals surface area contributed by atoms with E-state index in [-0.39, 0.29) is 18.4 Å². The maximum Gasteiger partial charge on any atom is 0.255 e. The molecule has 7 nitrogen and oxygen atoms in total. The Balaban J connectivity index is 1.36. The number of nitrogens with zero attached hydrogens (tertiary/aromatic N) is 2. The van der Waals surface area contributed by atoms with Crippen LogP contribution in [0.4, 0.5) is 5.69 Å². The lowest BCUT2D eigenvalue weighted by molar-refractivity contribution is -0.121. The number of ether oxygens (including phenoxy) is 1. The molecule has 0 unspecified atom stereocenters. The van der Waals surface area contributed by atoms with Gasteiger partial charge in [0.15, 0.2) is 0 Å². The van der Waals surface area contributed by atoms with Gasteiger partial charge in [0.05, 0.1) is 18.1 Å². The minimum Gasteiger partial charge on any atom is -0.497 e. The SMILES string of the molecule is COc1cccc(NC(=O)c2ccc(-c3nc4ccccc4n3CC(=O)NCc3ccccc3)cc2)c1. The molecule has 1 aromatic heterocycles. The summed E-state index contributed by atoms with van der Waals surface area (Å²) in [6.45, 7) is 0.583. The molecular formula is C30H26N4O3. The molecule has 0 aliphatic heterocycles. The van der Waals surface area contributed by atoms with E-state index in [0.717, 1.165) is 22.2 Å². The number of amides is 2. The van der Waals surface area contributed by atoms with Gasteiger partial charge in [0, 0.05) is 29.4 Å². The summed E-state index contributed by atoms with van der Waals surface area (Å²) in [5.74, 6) is 0.992. The maximum absolute atomic E-state index is 12.9. The van der Waals surface area contributed by atoms with Crippen molar-refractivity contribution < 1.29 is 14.3 Å². The number of para-hydroxylation sites is 2. The molecule has 0 spiro atoms. The number of hydrogen-bond acceptors (Lipinski definition) is 4. The number of rotatable bonds is 8. The van der Waals surface area contributed by atoms with Crippen molar-refractivity contribution in [3.8, 4) is 17.1 Å². The third-order valence-corrected chi connectivity index (χ3v) is 6.02. The first-order valence-electron chi connectivity index (χ1n) is 11.9. The summed E-state index contributed by atoms with van der Waals surface area (Å²) < 4.78 is 7.12. The highest BCUT2D eigenvalue weighted by Gasteiger charge is 2.16. The molecule has 0 fully saturated rings. The standard InChI is InChI=1S/C30H26N4O3/c1-37-25-11-7-10-24(18-25)32-30(36)23-16-14-22(15-17-23)29-33-26-12-5-6-13-27(26)34(29)20-28(35)31-19-21-8-3-2-4-9-21/h2-18H,19-20H2,1H3,(H,31,35)(H,32,36). The smallest absolute Gasteiger partial charge is 0.255 e. The quantitative estimate of drug-likeness (QED) is 0.310. The molecular weight excluding hydrogens is 464 g/mol. The van der Waals surface area contributed by atoms with Gasteiger partial charge in [-0.15, -0.1) is 0 Å². The second kappa shape index (κ2) is 10.8. The van der Waals surface area contributed by atoms with Crippen molar-refractivity contribution in [3.63, 3.8) is 0 Å². The van der Waals surface area contributed by atoms with Crippen LogP contribution in [0.2, 0.25) is 0 Å². The van der Waals surface area contributed by atoms with E-state index in [9.17, 15) is 9.59 Å². The fourth-order valence-corrected chi connectivity index (χ4v) is 4.13. The van der Waals surface area contributed by atoms with E-state index >= 15 is 0 Å². The van der Waals surface area contributed by atoms with Crippen molar-refractivity contribution in [2.24, 2.45) is 0 Å². The molecule has 0 radical (unpaired) electrons. The van der Waals surface area contributed by atoms with Crippen LogP contribution in [0.3, 0.4) is 0 Å².